The van der Waals surface area contributed by atoms with Crippen LogP contribution < -0.4 is 10.6 Å². The summed E-state index contributed by atoms with van der Waals surface area (Å²) >= 11 is 0. The Balaban J connectivity index is 1.86. The molecule has 5 nitrogen and oxygen atoms in total. The summed E-state index contributed by atoms with van der Waals surface area (Å²) in [6.07, 6.45) is 13.2. The zero-order valence-corrected chi connectivity index (χ0v) is 14.3. The molecule has 0 saturated heterocycles. The fraction of sp³-hybridized carbons (Fsp3) is 0.400. The van der Waals surface area contributed by atoms with Crippen molar-refractivity contribution in [3.05, 3.63) is 41.5 Å². The molecule has 0 atom stereocenters. The molecule has 1 aromatic carbocycles. The molecule has 1 aliphatic carbocycles. The summed E-state index contributed by atoms with van der Waals surface area (Å²) in [5.74, 6) is 1.34. The van der Waals surface area contributed by atoms with Gasteiger partial charge in [0.1, 0.15) is 0 Å². The van der Waals surface area contributed by atoms with Crippen LogP contribution in [0.25, 0.3) is 0 Å². The maximum atomic E-state index is 12.2. The van der Waals surface area contributed by atoms with Gasteiger partial charge in [0.25, 0.3) is 5.91 Å². The van der Waals surface area contributed by atoms with Gasteiger partial charge in [-0.25, -0.2) is 4.79 Å². The number of carbonyl (C=O) groups excluding carboxylic acids is 2. The normalized spacial score (nSPS) is 13.3. The molecule has 0 unspecified atom stereocenters. The minimum Gasteiger partial charge on any atom is -0.452 e. The van der Waals surface area contributed by atoms with Crippen LogP contribution in [0.1, 0.15) is 42.5 Å². The molecule has 2 rings (SSSR count). The molecule has 132 valence electrons. The third kappa shape index (κ3) is 6.34. The zero-order valence-electron chi connectivity index (χ0n) is 14.3. The molecule has 25 heavy (non-hydrogen) atoms. The van der Waals surface area contributed by atoms with Crippen molar-refractivity contribution in [2.75, 3.05) is 25.0 Å². The number of carbonyl (C=O) groups is 2. The summed E-state index contributed by atoms with van der Waals surface area (Å²) in [4.78, 5) is 23.7. The van der Waals surface area contributed by atoms with Gasteiger partial charge < -0.3 is 15.4 Å². The van der Waals surface area contributed by atoms with Gasteiger partial charge in [-0.2, -0.15) is 0 Å². The van der Waals surface area contributed by atoms with Crippen molar-refractivity contribution in [1.29, 1.82) is 0 Å². The first-order chi connectivity index (χ1) is 12.2. The first-order valence-corrected chi connectivity index (χ1v) is 8.59. The van der Waals surface area contributed by atoms with Gasteiger partial charge in [0.05, 0.1) is 12.1 Å². The zero-order chi connectivity index (χ0) is 17.9. The van der Waals surface area contributed by atoms with Crippen molar-refractivity contribution in [2.45, 2.75) is 32.1 Å². The van der Waals surface area contributed by atoms with Gasteiger partial charge >= 0.3 is 5.97 Å². The molecule has 5 heteroatoms. The Morgan fingerprint density at radius 2 is 2.08 bits per heavy atom. The fourth-order valence-electron chi connectivity index (χ4n) is 2.71. The molecule has 0 heterocycles. The van der Waals surface area contributed by atoms with Crippen molar-refractivity contribution >= 4 is 17.6 Å². The number of amides is 1. The van der Waals surface area contributed by atoms with Crippen LogP contribution >= 0.6 is 0 Å². The summed E-state index contributed by atoms with van der Waals surface area (Å²) in [6.45, 7) is 0.533. The molecule has 0 spiro atoms. The number of rotatable bonds is 8. The summed E-state index contributed by atoms with van der Waals surface area (Å²) in [5, 5.41) is 5.74. The van der Waals surface area contributed by atoms with Crippen LogP contribution in [0, 0.1) is 12.3 Å². The maximum absolute atomic E-state index is 12.2. The summed E-state index contributed by atoms with van der Waals surface area (Å²) in [6, 6.07) is 7.15. The van der Waals surface area contributed by atoms with E-state index < -0.39 is 11.9 Å². The van der Waals surface area contributed by atoms with E-state index in [4.69, 9.17) is 11.2 Å². The van der Waals surface area contributed by atoms with E-state index in [1.165, 1.54) is 24.8 Å². The number of ether oxygens (including phenoxy) is 1. The minimum atomic E-state index is -0.532. The molecule has 1 amide bonds. The second-order valence-electron chi connectivity index (χ2n) is 5.89. The smallest absolute Gasteiger partial charge is 0.340 e. The first kappa shape index (κ1) is 18.6. The van der Waals surface area contributed by atoms with Gasteiger partial charge in [0.15, 0.2) is 6.61 Å². The number of hydrogen-bond acceptors (Lipinski definition) is 4. The molecule has 0 radical (unpaired) electrons. The van der Waals surface area contributed by atoms with Crippen LogP contribution in [0.2, 0.25) is 0 Å². The minimum absolute atomic E-state index is 0.115. The van der Waals surface area contributed by atoms with Gasteiger partial charge in [-0.15, -0.1) is 6.42 Å². The summed E-state index contributed by atoms with van der Waals surface area (Å²) in [7, 11) is 0. The van der Waals surface area contributed by atoms with Gasteiger partial charge in [-0.05, 0) is 44.2 Å². The Morgan fingerprint density at radius 3 is 2.84 bits per heavy atom. The van der Waals surface area contributed by atoms with Crippen LogP contribution in [0.4, 0.5) is 5.69 Å². The highest BCUT2D eigenvalue weighted by molar-refractivity contribution is 5.96. The molecule has 0 saturated carbocycles. The summed E-state index contributed by atoms with van der Waals surface area (Å²) < 4.78 is 5.05. The van der Waals surface area contributed by atoms with Crippen LogP contribution in [0.3, 0.4) is 0 Å². The third-order valence-corrected chi connectivity index (χ3v) is 4.02. The SMILES string of the molecule is C#CCNC(=O)COC(=O)c1ccccc1NCCC1=CCCCC1. The number of benzene rings is 1. The first-order valence-electron chi connectivity index (χ1n) is 8.59. The number of para-hydroxylation sites is 1. The Hall–Kier alpha value is -2.74. The molecule has 1 aliphatic rings. The lowest BCUT2D eigenvalue weighted by Crippen LogP contribution is -2.29. The number of terminal acetylenes is 1. The van der Waals surface area contributed by atoms with Crippen LogP contribution in [-0.4, -0.2) is 31.6 Å². The van der Waals surface area contributed by atoms with Gasteiger partial charge in [-0.3, -0.25) is 4.79 Å². The number of esters is 1. The monoisotopic (exact) mass is 340 g/mol. The molecule has 0 aliphatic heterocycles. The fourth-order valence-corrected chi connectivity index (χ4v) is 2.71. The average molecular weight is 340 g/mol. The van der Waals surface area contributed by atoms with Crippen molar-refractivity contribution < 1.29 is 14.3 Å². The number of allylic oxidation sites excluding steroid dienone is 1. The lowest BCUT2D eigenvalue weighted by molar-refractivity contribution is -0.123. The van der Waals surface area contributed by atoms with Crippen molar-refractivity contribution in [2.24, 2.45) is 0 Å². The highest BCUT2D eigenvalue weighted by atomic mass is 16.5. The highest BCUT2D eigenvalue weighted by Gasteiger charge is 2.14. The molecule has 0 bridgehead atoms. The van der Waals surface area contributed by atoms with E-state index >= 15 is 0 Å². The quantitative estimate of drug-likeness (QED) is 0.434. The molecular formula is C20H24N2O3. The maximum Gasteiger partial charge on any atom is 0.340 e. The lowest BCUT2D eigenvalue weighted by atomic mass is 9.97. The van der Waals surface area contributed by atoms with Crippen molar-refractivity contribution in [3.63, 3.8) is 0 Å². The van der Waals surface area contributed by atoms with Crippen LogP contribution in [0.5, 0.6) is 0 Å². The molecule has 0 aromatic heterocycles. The third-order valence-electron chi connectivity index (χ3n) is 4.02. The van der Waals surface area contributed by atoms with Crippen molar-refractivity contribution in [1.82, 2.24) is 5.32 Å². The largest absolute Gasteiger partial charge is 0.452 e. The second-order valence-corrected chi connectivity index (χ2v) is 5.89. The predicted molar refractivity (Wildman–Crippen MR) is 98.2 cm³/mol. The molecule has 2 N–H and O–H groups in total. The van der Waals surface area contributed by atoms with E-state index in [0.717, 1.165) is 19.4 Å². The number of hydrogen-bond donors (Lipinski definition) is 2. The van der Waals surface area contributed by atoms with E-state index in [-0.39, 0.29) is 13.2 Å². The number of nitrogens with one attached hydrogen (secondary N) is 2. The van der Waals surface area contributed by atoms with E-state index in [0.29, 0.717) is 11.3 Å². The van der Waals surface area contributed by atoms with Crippen LogP contribution in [-0.2, 0) is 9.53 Å². The standard InChI is InChI=1S/C20H24N2O3/c1-2-13-22-19(23)15-25-20(24)17-10-6-7-11-18(17)21-14-12-16-8-4-3-5-9-16/h1,6-8,10-11,21H,3-5,9,12-15H2,(H,22,23). The second kappa shape index (κ2) is 10.2. The number of anilines is 1. The Morgan fingerprint density at radius 1 is 1.24 bits per heavy atom. The van der Waals surface area contributed by atoms with Crippen LogP contribution in [0.15, 0.2) is 35.9 Å². The van der Waals surface area contributed by atoms with E-state index in [2.05, 4.69) is 22.6 Å². The van der Waals surface area contributed by atoms with Gasteiger partial charge in [0, 0.05) is 12.2 Å². The Kier molecular flexibility index (Phi) is 7.58. The molecule has 0 fully saturated rings. The predicted octanol–water partition coefficient (Wildman–Crippen LogP) is 2.90. The van der Waals surface area contributed by atoms with E-state index in [9.17, 15) is 9.59 Å². The summed E-state index contributed by atoms with van der Waals surface area (Å²) in [5.41, 5.74) is 2.61. The molecule has 1 aromatic rings. The Labute approximate surface area is 148 Å². The molecular weight excluding hydrogens is 316 g/mol. The van der Waals surface area contributed by atoms with E-state index in [1.54, 1.807) is 12.1 Å². The van der Waals surface area contributed by atoms with Gasteiger partial charge in [0.2, 0.25) is 0 Å². The van der Waals surface area contributed by atoms with Gasteiger partial charge in [-0.1, -0.05) is 29.7 Å². The average Bonchev–Trinajstić information content (AvgIpc) is 2.65. The Bertz CT molecular complexity index is 674. The van der Waals surface area contributed by atoms with Crippen molar-refractivity contribution in [3.8, 4) is 12.3 Å². The topological polar surface area (TPSA) is 67.4 Å². The lowest BCUT2D eigenvalue weighted by Gasteiger charge is -2.15. The van der Waals surface area contributed by atoms with E-state index in [1.807, 2.05) is 12.1 Å². The highest BCUT2D eigenvalue weighted by Crippen LogP contribution is 2.21.